The molecule has 0 bridgehead atoms. The van der Waals surface area contributed by atoms with E-state index in [1.165, 1.54) is 0 Å². The summed E-state index contributed by atoms with van der Waals surface area (Å²) in [5, 5.41) is 19.5. The van der Waals surface area contributed by atoms with E-state index in [1.54, 1.807) is 11.8 Å². The molecule has 110 valence electrons. The smallest absolute Gasteiger partial charge is 0.102 e. The number of nitrogens with zero attached hydrogens (tertiary/aromatic N) is 2. The van der Waals surface area contributed by atoms with E-state index in [0.717, 1.165) is 22.2 Å². The lowest BCUT2D eigenvalue weighted by Gasteiger charge is -2.10. The van der Waals surface area contributed by atoms with Crippen LogP contribution in [-0.2, 0) is 5.75 Å². The Morgan fingerprint density at radius 1 is 1.14 bits per heavy atom. The molecule has 3 aromatic rings. The van der Waals surface area contributed by atoms with E-state index >= 15 is 0 Å². The van der Waals surface area contributed by atoms with Gasteiger partial charge in [0.15, 0.2) is 0 Å². The number of rotatable bonds is 5. The number of hydrogen-bond acceptors (Lipinski definition) is 3. The first-order valence-corrected chi connectivity index (χ1v) is 8.24. The molecule has 3 nitrogen and oxygen atoms in total. The van der Waals surface area contributed by atoms with E-state index in [1.807, 2.05) is 65.3 Å². The van der Waals surface area contributed by atoms with Crippen LogP contribution in [0.3, 0.4) is 0 Å². The second-order valence-corrected chi connectivity index (χ2v) is 6.11. The van der Waals surface area contributed by atoms with Gasteiger partial charge in [-0.3, -0.25) is 0 Å². The Labute approximate surface area is 133 Å². The highest BCUT2D eigenvalue weighted by molar-refractivity contribution is 7.98. The van der Waals surface area contributed by atoms with E-state index in [0.29, 0.717) is 11.5 Å². The lowest BCUT2D eigenvalue weighted by molar-refractivity contribution is 0.204. The van der Waals surface area contributed by atoms with Crippen LogP contribution in [0.25, 0.3) is 5.52 Å². The van der Waals surface area contributed by atoms with Crippen molar-refractivity contribution in [2.75, 3.05) is 5.75 Å². The second-order valence-electron chi connectivity index (χ2n) is 5.08. The maximum Gasteiger partial charge on any atom is 0.102 e. The topological polar surface area (TPSA) is 48.4 Å². The minimum atomic E-state index is -0.478. The Bertz CT molecular complexity index is 805. The monoisotopic (exact) mass is 308 g/mol. The number of aromatic nitrogens is 1. The van der Waals surface area contributed by atoms with Crippen LogP contribution >= 0.6 is 11.8 Å². The normalized spacial score (nSPS) is 12.2. The number of aliphatic hydroxyl groups excluding tert-OH is 1. The van der Waals surface area contributed by atoms with Crippen LogP contribution in [0.15, 0.2) is 60.9 Å². The zero-order valence-corrected chi connectivity index (χ0v) is 12.8. The third-order valence-electron chi connectivity index (χ3n) is 3.59. The van der Waals surface area contributed by atoms with Gasteiger partial charge in [-0.25, -0.2) is 0 Å². The standard InChI is InChI=1S/C18H16N2OS/c19-10-16-15(11-20-9-5-4-8-17(16)20)12-22-13-18(21)14-6-2-1-3-7-14/h1-9,11,18,21H,12-13H2/t18-/m0/s1. The molecule has 1 N–H and O–H groups in total. The highest BCUT2D eigenvalue weighted by Gasteiger charge is 2.12. The Morgan fingerprint density at radius 2 is 1.91 bits per heavy atom. The van der Waals surface area contributed by atoms with E-state index in [2.05, 4.69) is 6.07 Å². The quantitative estimate of drug-likeness (QED) is 0.780. The number of pyridine rings is 1. The Kier molecular flexibility index (Phi) is 4.47. The van der Waals surface area contributed by atoms with Gasteiger partial charge in [-0.1, -0.05) is 36.4 Å². The molecule has 0 saturated heterocycles. The van der Waals surface area contributed by atoms with Crippen LogP contribution in [0.4, 0.5) is 0 Å². The predicted molar refractivity (Wildman–Crippen MR) is 89.7 cm³/mol. The van der Waals surface area contributed by atoms with Gasteiger partial charge in [0.25, 0.3) is 0 Å². The number of nitriles is 1. The molecule has 22 heavy (non-hydrogen) atoms. The fourth-order valence-electron chi connectivity index (χ4n) is 2.47. The average molecular weight is 308 g/mol. The summed E-state index contributed by atoms with van der Waals surface area (Å²) in [6.45, 7) is 0. The van der Waals surface area contributed by atoms with Gasteiger partial charge >= 0.3 is 0 Å². The van der Waals surface area contributed by atoms with Crippen molar-refractivity contribution in [3.8, 4) is 6.07 Å². The van der Waals surface area contributed by atoms with Crippen molar-refractivity contribution in [2.45, 2.75) is 11.9 Å². The molecule has 0 aliphatic carbocycles. The third kappa shape index (κ3) is 3.01. The van der Waals surface area contributed by atoms with Crippen LogP contribution in [0.1, 0.15) is 22.8 Å². The molecular formula is C18H16N2OS. The maximum absolute atomic E-state index is 10.2. The molecular weight excluding hydrogens is 292 g/mol. The molecule has 0 aliphatic heterocycles. The lowest BCUT2D eigenvalue weighted by Crippen LogP contribution is -2.00. The first-order valence-electron chi connectivity index (χ1n) is 7.09. The molecule has 0 spiro atoms. The lowest BCUT2D eigenvalue weighted by atomic mass is 10.1. The Morgan fingerprint density at radius 3 is 2.68 bits per heavy atom. The van der Waals surface area contributed by atoms with E-state index in [-0.39, 0.29) is 0 Å². The SMILES string of the molecule is N#Cc1c(CSC[C@H](O)c2ccccc2)cn2ccccc12. The van der Waals surface area contributed by atoms with Gasteiger partial charge in [-0.15, -0.1) is 0 Å². The van der Waals surface area contributed by atoms with Gasteiger partial charge in [-0.05, 0) is 23.3 Å². The Balaban J connectivity index is 1.68. The van der Waals surface area contributed by atoms with Crippen molar-refractivity contribution >= 4 is 17.3 Å². The molecule has 0 saturated carbocycles. The highest BCUT2D eigenvalue weighted by atomic mass is 32.2. The summed E-state index contributed by atoms with van der Waals surface area (Å²) in [5.74, 6) is 1.33. The van der Waals surface area contributed by atoms with Crippen molar-refractivity contribution in [1.82, 2.24) is 4.40 Å². The zero-order valence-electron chi connectivity index (χ0n) is 12.0. The van der Waals surface area contributed by atoms with Crippen LogP contribution < -0.4 is 0 Å². The third-order valence-corrected chi connectivity index (χ3v) is 4.66. The molecule has 4 heteroatoms. The fourth-order valence-corrected chi connectivity index (χ4v) is 3.44. The maximum atomic E-state index is 10.2. The molecule has 3 rings (SSSR count). The Hall–Kier alpha value is -2.22. The van der Waals surface area contributed by atoms with Gasteiger partial charge in [0.1, 0.15) is 6.07 Å². The number of benzene rings is 1. The number of fused-ring (bicyclic) bond motifs is 1. The predicted octanol–water partition coefficient (Wildman–Crippen LogP) is 3.78. The number of aliphatic hydroxyl groups is 1. The first kappa shape index (κ1) is 14.7. The van der Waals surface area contributed by atoms with Crippen molar-refractivity contribution in [3.05, 3.63) is 77.6 Å². The molecule has 1 aromatic carbocycles. The summed E-state index contributed by atoms with van der Waals surface area (Å²) >= 11 is 1.64. The summed E-state index contributed by atoms with van der Waals surface area (Å²) in [6, 6.07) is 17.8. The van der Waals surface area contributed by atoms with E-state index in [4.69, 9.17) is 0 Å². The van der Waals surface area contributed by atoms with Gasteiger partial charge in [0.2, 0.25) is 0 Å². The second kappa shape index (κ2) is 6.69. The van der Waals surface area contributed by atoms with Crippen molar-refractivity contribution in [1.29, 1.82) is 5.26 Å². The van der Waals surface area contributed by atoms with Crippen LogP contribution in [0, 0.1) is 11.3 Å². The van der Waals surface area contributed by atoms with Crippen molar-refractivity contribution in [3.63, 3.8) is 0 Å². The zero-order chi connectivity index (χ0) is 15.4. The van der Waals surface area contributed by atoms with E-state index in [9.17, 15) is 10.4 Å². The molecule has 0 unspecified atom stereocenters. The summed E-state index contributed by atoms with van der Waals surface area (Å²) in [7, 11) is 0. The number of hydrogen-bond donors (Lipinski definition) is 1. The van der Waals surface area contributed by atoms with Crippen molar-refractivity contribution in [2.24, 2.45) is 0 Å². The van der Waals surface area contributed by atoms with Crippen molar-refractivity contribution < 1.29 is 5.11 Å². The highest BCUT2D eigenvalue weighted by Crippen LogP contribution is 2.25. The van der Waals surface area contributed by atoms with Gasteiger partial charge in [0, 0.05) is 23.9 Å². The minimum absolute atomic E-state index is 0.478. The summed E-state index contributed by atoms with van der Waals surface area (Å²) in [5.41, 5.74) is 3.60. The molecule has 0 aliphatic rings. The molecule has 0 fully saturated rings. The molecule has 0 radical (unpaired) electrons. The molecule has 2 aromatic heterocycles. The molecule has 0 amide bonds. The van der Waals surface area contributed by atoms with Gasteiger partial charge in [0.05, 0.1) is 17.2 Å². The van der Waals surface area contributed by atoms with E-state index < -0.39 is 6.10 Å². The first-order chi connectivity index (χ1) is 10.8. The summed E-state index contributed by atoms with van der Waals surface area (Å²) in [4.78, 5) is 0. The van der Waals surface area contributed by atoms with Gasteiger partial charge in [-0.2, -0.15) is 17.0 Å². The number of thioether (sulfide) groups is 1. The van der Waals surface area contributed by atoms with Crippen LogP contribution in [-0.4, -0.2) is 15.3 Å². The molecule has 2 heterocycles. The molecule has 1 atom stereocenters. The largest absolute Gasteiger partial charge is 0.388 e. The minimum Gasteiger partial charge on any atom is -0.388 e. The summed E-state index contributed by atoms with van der Waals surface area (Å²) < 4.78 is 1.97. The summed E-state index contributed by atoms with van der Waals surface area (Å²) in [6.07, 6.45) is 3.47. The van der Waals surface area contributed by atoms with Crippen LogP contribution in [0.2, 0.25) is 0 Å². The average Bonchev–Trinajstić information content (AvgIpc) is 2.93. The van der Waals surface area contributed by atoms with Crippen LogP contribution in [0.5, 0.6) is 0 Å². The van der Waals surface area contributed by atoms with Gasteiger partial charge < -0.3 is 9.51 Å². The fraction of sp³-hybridized carbons (Fsp3) is 0.167.